The summed E-state index contributed by atoms with van der Waals surface area (Å²) in [6.45, 7) is 16.0. The number of amides is 2. The molecule has 0 unspecified atom stereocenters. The molecule has 3 aromatic heterocycles. The van der Waals surface area contributed by atoms with Crippen LogP contribution in [-0.2, 0) is 51.0 Å². The molecular weight excluding hydrogens is 958 g/mol. The molecule has 1 saturated carbocycles. The van der Waals surface area contributed by atoms with Crippen LogP contribution >= 0.6 is 11.3 Å². The van der Waals surface area contributed by atoms with E-state index in [0.717, 1.165) is 31.9 Å². The molecule has 3 fully saturated rings. The first kappa shape index (κ1) is 54.4. The zero-order valence-electron chi connectivity index (χ0n) is 42.9. The number of aromatic nitrogens is 3. The number of hydrogen-bond acceptors (Lipinski definition) is 15. The summed E-state index contributed by atoms with van der Waals surface area (Å²) in [5.41, 5.74) is 5.26. The maximum Gasteiger partial charge on any atom is 0.408 e. The average Bonchev–Trinajstić information content (AvgIpc) is 4.00. The molecule has 17 nitrogen and oxygen atoms in total. The first-order valence-corrected chi connectivity index (χ1v) is 25.5. The molecule has 0 radical (unpaired) electrons. The lowest BCUT2D eigenvalue weighted by atomic mass is 9.84. The summed E-state index contributed by atoms with van der Waals surface area (Å²) < 4.78 is 74.6. The van der Waals surface area contributed by atoms with E-state index in [1.807, 2.05) is 32.9 Å². The SMILES string of the molecule is CCO[C@H](c1nc(-c2ccc3c(c2)c(CC(C)(C)COC(C)=O)c(-c2cc(N4CCN(C5CC5)CC4)cnc2[C@H](C)OC)n3CC(F)(F)F)cs1)[C@H](NC(=O)OC(C)(C)C)C(=O)N1CCC[C@@H](C(=O)OC)N1. The van der Waals surface area contributed by atoms with E-state index in [1.165, 1.54) is 54.9 Å². The second kappa shape index (κ2) is 22.4. The minimum Gasteiger partial charge on any atom is -0.468 e. The van der Waals surface area contributed by atoms with Gasteiger partial charge in [0.25, 0.3) is 5.91 Å². The zero-order chi connectivity index (χ0) is 52.3. The van der Waals surface area contributed by atoms with Crippen LogP contribution in [0.3, 0.4) is 0 Å². The molecule has 72 heavy (non-hydrogen) atoms. The summed E-state index contributed by atoms with van der Waals surface area (Å²) in [4.78, 5) is 67.2. The van der Waals surface area contributed by atoms with Crippen molar-refractivity contribution in [1.82, 2.24) is 35.2 Å². The third-order valence-electron chi connectivity index (χ3n) is 13.1. The number of alkyl carbamates (subject to hydrolysis) is 1. The lowest BCUT2D eigenvalue weighted by Gasteiger charge is -2.36. The fraction of sp³-hybridized carbons (Fsp3) is 0.608. The van der Waals surface area contributed by atoms with E-state index in [0.29, 0.717) is 68.6 Å². The molecule has 2 saturated heterocycles. The van der Waals surface area contributed by atoms with E-state index in [1.54, 1.807) is 51.4 Å². The van der Waals surface area contributed by atoms with Crippen molar-refractivity contribution in [3.05, 3.63) is 52.1 Å². The highest BCUT2D eigenvalue weighted by atomic mass is 32.1. The molecule has 2 aliphatic heterocycles. The molecule has 1 aliphatic carbocycles. The number of nitrogens with one attached hydrogen (secondary N) is 2. The van der Waals surface area contributed by atoms with Crippen LogP contribution in [0.2, 0.25) is 0 Å². The van der Waals surface area contributed by atoms with Crippen LogP contribution < -0.4 is 15.6 Å². The molecule has 394 valence electrons. The number of halogens is 3. The average molecular weight is 1030 g/mol. The largest absolute Gasteiger partial charge is 0.468 e. The van der Waals surface area contributed by atoms with Crippen LogP contribution in [0.4, 0.5) is 23.7 Å². The second-order valence-electron chi connectivity index (χ2n) is 20.5. The van der Waals surface area contributed by atoms with Gasteiger partial charge in [-0.05, 0) is 90.5 Å². The molecule has 4 atom stereocenters. The molecule has 2 amide bonds. The van der Waals surface area contributed by atoms with E-state index >= 15 is 13.2 Å². The van der Waals surface area contributed by atoms with Crippen molar-refractivity contribution in [1.29, 1.82) is 0 Å². The molecule has 4 aromatic rings. The highest BCUT2D eigenvalue weighted by Gasteiger charge is 2.41. The first-order valence-electron chi connectivity index (χ1n) is 24.6. The molecule has 21 heteroatoms. The van der Waals surface area contributed by atoms with Gasteiger partial charge in [0.15, 0.2) is 0 Å². The number of carbonyl (C=O) groups is 4. The van der Waals surface area contributed by atoms with Gasteiger partial charge in [0.05, 0.1) is 48.8 Å². The minimum atomic E-state index is -4.63. The number of fused-ring (bicyclic) bond motifs is 1. The molecular formula is C51H69F3N8O9S. The van der Waals surface area contributed by atoms with E-state index in [-0.39, 0.29) is 26.2 Å². The fourth-order valence-corrected chi connectivity index (χ4v) is 10.4. The van der Waals surface area contributed by atoms with Gasteiger partial charge >= 0.3 is 24.2 Å². The minimum absolute atomic E-state index is 0.0000751. The summed E-state index contributed by atoms with van der Waals surface area (Å²) in [6.07, 6.45) is -1.99. The van der Waals surface area contributed by atoms with E-state index in [4.69, 9.17) is 33.7 Å². The molecule has 5 heterocycles. The predicted octanol–water partition coefficient (Wildman–Crippen LogP) is 8.15. The molecule has 7 rings (SSSR count). The zero-order valence-corrected chi connectivity index (χ0v) is 43.8. The Labute approximate surface area is 423 Å². The van der Waals surface area contributed by atoms with E-state index < -0.39 is 72.0 Å². The van der Waals surface area contributed by atoms with Crippen molar-refractivity contribution < 1.29 is 56.0 Å². The van der Waals surface area contributed by atoms with Gasteiger partial charge in [-0.3, -0.25) is 29.3 Å². The normalized spacial score (nSPS) is 18.4. The summed E-state index contributed by atoms with van der Waals surface area (Å²) in [5.74, 6) is -1.63. The number of methoxy groups -OCH3 is 2. The Hall–Kier alpha value is -5.35. The molecule has 1 aromatic carbocycles. The number of esters is 2. The number of anilines is 1. The summed E-state index contributed by atoms with van der Waals surface area (Å²) in [7, 11) is 2.80. The fourth-order valence-electron chi connectivity index (χ4n) is 9.46. The highest BCUT2D eigenvalue weighted by molar-refractivity contribution is 7.10. The third-order valence-corrected chi connectivity index (χ3v) is 14.0. The van der Waals surface area contributed by atoms with Crippen LogP contribution in [0.15, 0.2) is 35.8 Å². The number of hydrazine groups is 1. The number of hydrogen-bond donors (Lipinski definition) is 2. The quantitative estimate of drug-likeness (QED) is 0.0721. The summed E-state index contributed by atoms with van der Waals surface area (Å²) in [5, 5.41) is 6.59. The van der Waals surface area contributed by atoms with Gasteiger partial charge in [0.1, 0.15) is 35.3 Å². The number of rotatable bonds is 18. The lowest BCUT2D eigenvalue weighted by Crippen LogP contribution is -2.61. The number of carbonyl (C=O) groups excluding carboxylic acids is 4. The first-order chi connectivity index (χ1) is 34.0. The van der Waals surface area contributed by atoms with Crippen molar-refractivity contribution >= 4 is 51.9 Å². The Kier molecular flexibility index (Phi) is 16.9. The Bertz CT molecular complexity index is 2580. The smallest absolute Gasteiger partial charge is 0.408 e. The number of nitrogens with zero attached hydrogens (tertiary/aromatic N) is 6. The predicted molar refractivity (Wildman–Crippen MR) is 266 cm³/mol. The Morgan fingerprint density at radius 3 is 2.33 bits per heavy atom. The second-order valence-corrected chi connectivity index (χ2v) is 21.4. The van der Waals surface area contributed by atoms with Crippen LogP contribution in [0.5, 0.6) is 0 Å². The topological polar surface area (TPSA) is 179 Å². The molecule has 0 spiro atoms. The van der Waals surface area contributed by atoms with Crippen LogP contribution in [0, 0.1) is 5.41 Å². The monoisotopic (exact) mass is 1030 g/mol. The number of thiazole rings is 1. The van der Waals surface area contributed by atoms with Gasteiger partial charge in [-0.2, -0.15) is 13.2 Å². The van der Waals surface area contributed by atoms with Gasteiger partial charge in [0, 0.05) is 92.2 Å². The number of piperazine rings is 1. The van der Waals surface area contributed by atoms with Crippen molar-refractivity contribution in [3.63, 3.8) is 0 Å². The highest BCUT2D eigenvalue weighted by Crippen LogP contribution is 2.44. The number of alkyl halides is 3. The summed E-state index contributed by atoms with van der Waals surface area (Å²) >= 11 is 1.18. The van der Waals surface area contributed by atoms with Gasteiger partial charge in [-0.1, -0.05) is 19.9 Å². The Balaban J connectivity index is 1.36. The molecule has 2 N–H and O–H groups in total. The molecule has 0 bridgehead atoms. The number of benzene rings is 1. The number of ether oxygens (including phenoxy) is 5. The molecule has 3 aliphatic rings. The maximum absolute atomic E-state index is 15.0. The van der Waals surface area contributed by atoms with Crippen molar-refractivity contribution in [2.45, 2.75) is 136 Å². The van der Waals surface area contributed by atoms with Crippen molar-refractivity contribution in [2.75, 3.05) is 65.1 Å². The Morgan fingerprint density at radius 1 is 0.986 bits per heavy atom. The lowest BCUT2D eigenvalue weighted by molar-refractivity contribution is -0.152. The van der Waals surface area contributed by atoms with Crippen LogP contribution in [0.1, 0.15) is 110 Å². The summed E-state index contributed by atoms with van der Waals surface area (Å²) in [6, 6.07) is 5.55. The Morgan fingerprint density at radius 2 is 1.71 bits per heavy atom. The van der Waals surface area contributed by atoms with Crippen molar-refractivity contribution in [2.24, 2.45) is 5.41 Å². The van der Waals surface area contributed by atoms with Gasteiger partial charge < -0.3 is 38.5 Å². The van der Waals surface area contributed by atoms with Crippen molar-refractivity contribution in [3.8, 4) is 22.5 Å². The van der Waals surface area contributed by atoms with Gasteiger partial charge in [0.2, 0.25) is 0 Å². The van der Waals surface area contributed by atoms with Crippen LogP contribution in [-0.4, -0.2) is 138 Å². The van der Waals surface area contributed by atoms with Crippen LogP contribution in [0.25, 0.3) is 33.4 Å². The van der Waals surface area contributed by atoms with E-state index in [9.17, 15) is 19.2 Å². The number of pyridine rings is 1. The maximum atomic E-state index is 15.0. The third kappa shape index (κ3) is 13.2. The van der Waals surface area contributed by atoms with Gasteiger partial charge in [-0.25, -0.2) is 15.2 Å². The van der Waals surface area contributed by atoms with E-state index in [2.05, 4.69) is 20.5 Å². The standard InChI is InChI=1S/C51H69F3N8O9S/c1-11-69-44(42(57-48(66)71-49(4,5)6)46(64)62-18-12-13-38(58-62)47(65)68-10)45-56-39(27-72-45)32-14-17-40-35(23-32)37(25-50(7,8)29-70-31(3)63)43(61(40)28-51(52,53)54)36-24-34(26-55-41(36)30(2)67-9)60-21-19-59(20-22-60)33-15-16-33/h14,17,23-24,26-27,30,33,38,42,44,58H,11-13,15-16,18-22,25,28-29H2,1-10H3,(H,57,66)/t30-,38-,42-,44-/m0/s1. The van der Waals surface area contributed by atoms with Gasteiger partial charge in [-0.15, -0.1) is 11.3 Å².